The van der Waals surface area contributed by atoms with Crippen LogP contribution in [0.5, 0.6) is 0 Å². The Hall–Kier alpha value is -1.62. The third-order valence-electron chi connectivity index (χ3n) is 3.29. The Labute approximate surface area is 106 Å². The van der Waals surface area contributed by atoms with Gasteiger partial charge in [-0.05, 0) is 31.9 Å². The molecule has 1 fully saturated rings. The first-order valence-corrected chi connectivity index (χ1v) is 6.27. The zero-order chi connectivity index (χ0) is 13.0. The summed E-state index contributed by atoms with van der Waals surface area (Å²) in [5.74, 6) is 5.71. The number of nitrogens with zero attached hydrogens (tertiary/aromatic N) is 1. The van der Waals surface area contributed by atoms with Gasteiger partial charge in [0.2, 0.25) is 5.96 Å². The smallest absolute Gasteiger partial charge is 0.210 e. The Kier molecular flexibility index (Phi) is 4.15. The number of nitrogens with one attached hydrogen (secondary N) is 2. The van der Waals surface area contributed by atoms with Gasteiger partial charge >= 0.3 is 0 Å². The van der Waals surface area contributed by atoms with Crippen molar-refractivity contribution in [1.82, 2.24) is 5.43 Å². The second-order valence-electron chi connectivity index (χ2n) is 4.60. The van der Waals surface area contributed by atoms with E-state index in [4.69, 9.17) is 5.84 Å². The minimum Gasteiger partial charge on any atom is -0.325 e. The van der Waals surface area contributed by atoms with Gasteiger partial charge < -0.3 is 5.32 Å². The zero-order valence-corrected chi connectivity index (χ0v) is 10.5. The van der Waals surface area contributed by atoms with Crippen LogP contribution in [0, 0.1) is 12.7 Å². The van der Waals surface area contributed by atoms with Gasteiger partial charge in [0.15, 0.2) is 0 Å². The highest BCUT2D eigenvalue weighted by Gasteiger charge is 2.15. The summed E-state index contributed by atoms with van der Waals surface area (Å²) in [5.41, 5.74) is 3.79. The number of rotatable bonds is 2. The molecule has 0 aromatic heterocycles. The highest BCUT2D eigenvalue weighted by atomic mass is 19.1. The van der Waals surface area contributed by atoms with Gasteiger partial charge in [0, 0.05) is 11.3 Å². The molecule has 18 heavy (non-hydrogen) atoms. The fourth-order valence-corrected chi connectivity index (χ4v) is 2.19. The molecule has 1 aliphatic rings. The standard InChI is InChI=1S/C13H19FN4/c1-9-11(14)7-4-8-12(9)17-13(18-15)16-10-5-2-3-6-10/h4,7-8,10H,2-3,5-6,15H2,1H3,(H2,16,17,18). The normalized spacial score (nSPS) is 16.9. The minimum absolute atomic E-state index is 0.239. The van der Waals surface area contributed by atoms with Crippen molar-refractivity contribution >= 4 is 11.6 Å². The second kappa shape index (κ2) is 5.82. The Morgan fingerprint density at radius 2 is 2.11 bits per heavy atom. The lowest BCUT2D eigenvalue weighted by molar-refractivity contribution is 0.619. The van der Waals surface area contributed by atoms with E-state index >= 15 is 0 Å². The molecule has 0 unspecified atom stereocenters. The molecule has 0 atom stereocenters. The monoisotopic (exact) mass is 250 g/mol. The molecule has 1 saturated carbocycles. The van der Waals surface area contributed by atoms with Crippen molar-refractivity contribution in [3.63, 3.8) is 0 Å². The lowest BCUT2D eigenvalue weighted by atomic mass is 10.2. The largest absolute Gasteiger partial charge is 0.325 e. The van der Waals surface area contributed by atoms with E-state index < -0.39 is 0 Å². The van der Waals surface area contributed by atoms with Gasteiger partial charge in [0.25, 0.3) is 0 Å². The lowest BCUT2D eigenvalue weighted by Gasteiger charge is -2.13. The highest BCUT2D eigenvalue weighted by Crippen LogP contribution is 2.21. The molecule has 1 aromatic carbocycles. The van der Waals surface area contributed by atoms with Crippen molar-refractivity contribution in [2.75, 3.05) is 5.32 Å². The Balaban J connectivity index is 2.12. The number of nitrogens with two attached hydrogens (primary N) is 1. The SMILES string of the molecule is Cc1c(F)cccc1NC(=NC1CCCC1)NN. The summed E-state index contributed by atoms with van der Waals surface area (Å²) < 4.78 is 13.4. The molecule has 98 valence electrons. The van der Waals surface area contributed by atoms with Crippen LogP contribution in [0.15, 0.2) is 23.2 Å². The summed E-state index contributed by atoms with van der Waals surface area (Å²) in [6, 6.07) is 5.22. The van der Waals surface area contributed by atoms with Crippen LogP contribution in [0.1, 0.15) is 31.2 Å². The highest BCUT2D eigenvalue weighted by molar-refractivity contribution is 5.94. The number of aliphatic imine (C=N–C) groups is 1. The van der Waals surface area contributed by atoms with Crippen molar-refractivity contribution in [1.29, 1.82) is 0 Å². The number of hydrogen-bond acceptors (Lipinski definition) is 2. The minimum atomic E-state index is -0.239. The van der Waals surface area contributed by atoms with Gasteiger partial charge in [-0.15, -0.1) is 0 Å². The van der Waals surface area contributed by atoms with E-state index in [1.807, 2.05) is 0 Å². The fourth-order valence-electron chi connectivity index (χ4n) is 2.19. The number of halogens is 1. The van der Waals surface area contributed by atoms with Gasteiger partial charge in [0.05, 0.1) is 6.04 Å². The van der Waals surface area contributed by atoms with Crippen LogP contribution in [-0.2, 0) is 0 Å². The van der Waals surface area contributed by atoms with Gasteiger partial charge in [0.1, 0.15) is 5.82 Å². The Morgan fingerprint density at radius 3 is 2.78 bits per heavy atom. The lowest BCUT2D eigenvalue weighted by Crippen LogP contribution is -2.37. The molecule has 0 heterocycles. The number of anilines is 1. The molecule has 0 amide bonds. The van der Waals surface area contributed by atoms with E-state index in [0.717, 1.165) is 12.8 Å². The first-order chi connectivity index (χ1) is 8.70. The van der Waals surface area contributed by atoms with Crippen LogP contribution >= 0.6 is 0 Å². The third kappa shape index (κ3) is 2.98. The van der Waals surface area contributed by atoms with Gasteiger partial charge in [-0.2, -0.15) is 0 Å². The number of guanidine groups is 1. The quantitative estimate of drug-likeness (QED) is 0.327. The van der Waals surface area contributed by atoms with E-state index in [0.29, 0.717) is 23.3 Å². The van der Waals surface area contributed by atoms with Crippen LogP contribution in [0.4, 0.5) is 10.1 Å². The average molecular weight is 250 g/mol. The zero-order valence-electron chi connectivity index (χ0n) is 10.5. The van der Waals surface area contributed by atoms with Crippen molar-refractivity contribution in [3.05, 3.63) is 29.6 Å². The summed E-state index contributed by atoms with van der Waals surface area (Å²) in [6.07, 6.45) is 4.61. The summed E-state index contributed by atoms with van der Waals surface area (Å²) in [5, 5.41) is 3.04. The molecule has 0 aliphatic heterocycles. The van der Waals surface area contributed by atoms with E-state index in [-0.39, 0.29) is 5.82 Å². The molecule has 0 bridgehead atoms. The molecule has 0 saturated heterocycles. The van der Waals surface area contributed by atoms with E-state index in [1.165, 1.54) is 18.9 Å². The average Bonchev–Trinajstić information content (AvgIpc) is 2.86. The maximum atomic E-state index is 13.4. The van der Waals surface area contributed by atoms with Crippen LogP contribution < -0.4 is 16.6 Å². The van der Waals surface area contributed by atoms with Crippen molar-refractivity contribution in [2.45, 2.75) is 38.6 Å². The van der Waals surface area contributed by atoms with Crippen LogP contribution in [0.25, 0.3) is 0 Å². The van der Waals surface area contributed by atoms with Crippen molar-refractivity contribution in [2.24, 2.45) is 10.8 Å². The van der Waals surface area contributed by atoms with Gasteiger partial charge in [-0.1, -0.05) is 18.9 Å². The predicted molar refractivity (Wildman–Crippen MR) is 71.8 cm³/mol. The Morgan fingerprint density at radius 1 is 1.39 bits per heavy atom. The molecule has 0 spiro atoms. The topological polar surface area (TPSA) is 62.4 Å². The van der Waals surface area contributed by atoms with Crippen molar-refractivity contribution in [3.8, 4) is 0 Å². The predicted octanol–water partition coefficient (Wildman–Crippen LogP) is 2.31. The van der Waals surface area contributed by atoms with E-state index in [1.54, 1.807) is 19.1 Å². The molecule has 1 aromatic rings. The summed E-state index contributed by atoms with van der Waals surface area (Å²) in [4.78, 5) is 4.51. The molecule has 0 radical (unpaired) electrons. The summed E-state index contributed by atoms with van der Waals surface area (Å²) >= 11 is 0. The number of hydrogen-bond donors (Lipinski definition) is 3. The van der Waals surface area contributed by atoms with E-state index in [2.05, 4.69) is 15.7 Å². The van der Waals surface area contributed by atoms with Crippen LogP contribution in [0.3, 0.4) is 0 Å². The fraction of sp³-hybridized carbons (Fsp3) is 0.462. The third-order valence-corrected chi connectivity index (χ3v) is 3.29. The maximum absolute atomic E-state index is 13.4. The molecule has 5 heteroatoms. The van der Waals surface area contributed by atoms with Gasteiger partial charge in [-0.25, -0.2) is 15.2 Å². The molecule has 4 N–H and O–H groups in total. The van der Waals surface area contributed by atoms with Crippen LogP contribution in [0.2, 0.25) is 0 Å². The Bertz CT molecular complexity index is 439. The summed E-state index contributed by atoms with van der Waals surface area (Å²) in [7, 11) is 0. The van der Waals surface area contributed by atoms with E-state index in [9.17, 15) is 4.39 Å². The number of hydrazine groups is 1. The molecular weight excluding hydrogens is 231 g/mol. The maximum Gasteiger partial charge on any atom is 0.210 e. The molecule has 4 nitrogen and oxygen atoms in total. The number of benzene rings is 1. The molecule has 1 aliphatic carbocycles. The summed E-state index contributed by atoms with van der Waals surface area (Å²) in [6.45, 7) is 1.72. The van der Waals surface area contributed by atoms with Crippen molar-refractivity contribution < 1.29 is 4.39 Å². The molecule has 2 rings (SSSR count). The second-order valence-corrected chi connectivity index (χ2v) is 4.60. The molecular formula is C13H19FN4. The van der Waals surface area contributed by atoms with Crippen LogP contribution in [-0.4, -0.2) is 12.0 Å². The van der Waals surface area contributed by atoms with Gasteiger partial charge in [-0.3, -0.25) is 5.43 Å². The first-order valence-electron chi connectivity index (χ1n) is 6.27. The first kappa shape index (κ1) is 12.8.